The third-order valence-electron chi connectivity index (χ3n) is 1.99. The van der Waals surface area contributed by atoms with Crippen molar-refractivity contribution < 1.29 is 8.76 Å². The fourth-order valence-electron chi connectivity index (χ4n) is 1.41. The summed E-state index contributed by atoms with van der Waals surface area (Å²) < 4.78 is 19.6. The minimum atomic E-state index is -1.78. The highest BCUT2D eigenvalue weighted by Crippen LogP contribution is 2.21. The highest BCUT2D eigenvalue weighted by Gasteiger charge is 2.06. The third-order valence-corrected chi connectivity index (χ3v) is 2.55. The van der Waals surface area contributed by atoms with Gasteiger partial charge in [0.15, 0.2) is 11.1 Å². The van der Waals surface area contributed by atoms with Crippen LogP contribution < -0.4 is 5.32 Å². The number of hydrogen-bond acceptors (Lipinski definition) is 2. The lowest BCUT2D eigenvalue weighted by molar-refractivity contribution is 0.563. The summed E-state index contributed by atoms with van der Waals surface area (Å²) in [5.74, 6) is 0.185. The maximum absolute atomic E-state index is 10.7. The highest BCUT2D eigenvalue weighted by molar-refractivity contribution is 7.78. The number of aryl methyl sites for hydroxylation is 1. The maximum Gasteiger partial charge on any atom is 0.157 e. The van der Waals surface area contributed by atoms with Crippen LogP contribution in [-0.4, -0.2) is 15.3 Å². The van der Waals surface area contributed by atoms with Crippen LogP contribution in [0.1, 0.15) is 18.1 Å². The third kappa shape index (κ3) is 2.82. The van der Waals surface area contributed by atoms with Crippen molar-refractivity contribution in [2.45, 2.75) is 19.6 Å². The molecule has 78 valence electrons. The second kappa shape index (κ2) is 5.12. The molecule has 0 aliphatic heterocycles. The van der Waals surface area contributed by atoms with Gasteiger partial charge in [-0.05, 0) is 25.0 Å². The predicted molar refractivity (Wildman–Crippen MR) is 59.8 cm³/mol. The van der Waals surface area contributed by atoms with E-state index in [1.807, 2.05) is 32.0 Å². The summed E-state index contributed by atoms with van der Waals surface area (Å²) in [6.45, 7) is 4.81. The number of nitrogens with one attached hydrogen (secondary N) is 1. The Morgan fingerprint density at radius 1 is 1.50 bits per heavy atom. The number of anilines is 1. The molecule has 0 amide bonds. The van der Waals surface area contributed by atoms with Crippen LogP contribution in [0.5, 0.6) is 0 Å². The largest absolute Gasteiger partial charge is 0.385 e. The molecule has 0 heterocycles. The Morgan fingerprint density at radius 3 is 2.79 bits per heavy atom. The van der Waals surface area contributed by atoms with Gasteiger partial charge in [0.2, 0.25) is 0 Å². The quantitative estimate of drug-likeness (QED) is 0.753. The molecular weight excluding hydrogens is 198 g/mol. The maximum atomic E-state index is 10.7. The van der Waals surface area contributed by atoms with Gasteiger partial charge in [0.1, 0.15) is 0 Å². The predicted octanol–water partition coefficient (Wildman–Crippen LogP) is 2.15. The van der Waals surface area contributed by atoms with Gasteiger partial charge in [0.05, 0.1) is 5.75 Å². The lowest BCUT2D eigenvalue weighted by atomic mass is 10.1. The molecule has 1 unspecified atom stereocenters. The standard InChI is InChI=1S/C10H15NO2S/c1-3-11-10-8(2)5-4-6-9(10)7-14(12)13/h4-6,11H,3,7H2,1-2H3,(H,12,13). The molecule has 2 N–H and O–H groups in total. The molecule has 0 bridgehead atoms. The fourth-order valence-corrected chi connectivity index (χ4v) is 1.92. The Labute approximate surface area is 86.8 Å². The van der Waals surface area contributed by atoms with Crippen LogP contribution >= 0.6 is 0 Å². The topological polar surface area (TPSA) is 49.3 Å². The first-order valence-corrected chi connectivity index (χ1v) is 5.82. The first kappa shape index (κ1) is 11.2. The van der Waals surface area contributed by atoms with Gasteiger partial charge in [-0.25, -0.2) is 4.21 Å². The van der Waals surface area contributed by atoms with E-state index >= 15 is 0 Å². The number of benzene rings is 1. The Bertz CT molecular complexity index is 339. The van der Waals surface area contributed by atoms with Gasteiger partial charge < -0.3 is 9.87 Å². The summed E-state index contributed by atoms with van der Waals surface area (Å²) in [5, 5.41) is 3.20. The van der Waals surface area contributed by atoms with E-state index in [4.69, 9.17) is 4.55 Å². The van der Waals surface area contributed by atoms with Crippen LogP contribution in [0.15, 0.2) is 18.2 Å². The molecule has 0 saturated heterocycles. The average molecular weight is 213 g/mol. The Balaban J connectivity index is 3.01. The molecule has 0 aliphatic rings. The molecule has 14 heavy (non-hydrogen) atoms. The molecule has 3 nitrogen and oxygen atoms in total. The number of rotatable bonds is 4. The van der Waals surface area contributed by atoms with Gasteiger partial charge >= 0.3 is 0 Å². The second-order valence-corrected chi connectivity index (χ2v) is 4.04. The van der Waals surface area contributed by atoms with Crippen LogP contribution in [0.25, 0.3) is 0 Å². The van der Waals surface area contributed by atoms with Crippen molar-refractivity contribution in [3.05, 3.63) is 29.3 Å². The summed E-state index contributed by atoms with van der Waals surface area (Å²) in [7, 11) is 0. The second-order valence-electron chi connectivity index (χ2n) is 3.11. The van der Waals surface area contributed by atoms with Crippen LogP contribution in [0, 0.1) is 6.92 Å². The van der Waals surface area contributed by atoms with Crippen molar-refractivity contribution in [3.63, 3.8) is 0 Å². The van der Waals surface area contributed by atoms with E-state index in [0.717, 1.165) is 23.4 Å². The van der Waals surface area contributed by atoms with E-state index in [0.29, 0.717) is 0 Å². The first-order chi connectivity index (χ1) is 6.65. The molecule has 0 fully saturated rings. The van der Waals surface area contributed by atoms with Crippen LogP contribution in [-0.2, 0) is 16.8 Å². The summed E-state index contributed by atoms with van der Waals surface area (Å²) in [6.07, 6.45) is 0. The van der Waals surface area contributed by atoms with E-state index in [1.165, 1.54) is 0 Å². The van der Waals surface area contributed by atoms with Crippen molar-refractivity contribution in [1.82, 2.24) is 0 Å². The Morgan fingerprint density at radius 2 is 2.21 bits per heavy atom. The highest BCUT2D eigenvalue weighted by atomic mass is 32.2. The van der Waals surface area contributed by atoms with Crippen molar-refractivity contribution in [1.29, 1.82) is 0 Å². The van der Waals surface area contributed by atoms with Crippen LogP contribution in [0.2, 0.25) is 0 Å². The Hall–Kier alpha value is -0.870. The lowest BCUT2D eigenvalue weighted by Gasteiger charge is -2.12. The molecule has 0 aromatic heterocycles. The van der Waals surface area contributed by atoms with Crippen LogP contribution in [0.4, 0.5) is 5.69 Å². The normalized spacial score (nSPS) is 12.5. The zero-order chi connectivity index (χ0) is 10.6. The van der Waals surface area contributed by atoms with Gasteiger partial charge in [0, 0.05) is 12.2 Å². The zero-order valence-electron chi connectivity index (χ0n) is 8.41. The molecular formula is C10H15NO2S. The van der Waals surface area contributed by atoms with E-state index in [2.05, 4.69) is 5.32 Å². The lowest BCUT2D eigenvalue weighted by Crippen LogP contribution is -2.04. The summed E-state index contributed by atoms with van der Waals surface area (Å²) in [5.41, 5.74) is 2.99. The van der Waals surface area contributed by atoms with Crippen molar-refractivity contribution in [2.75, 3.05) is 11.9 Å². The molecule has 0 saturated carbocycles. The Kier molecular flexibility index (Phi) is 4.10. The van der Waals surface area contributed by atoms with Gasteiger partial charge in [-0.1, -0.05) is 18.2 Å². The molecule has 1 atom stereocenters. The van der Waals surface area contributed by atoms with Crippen molar-refractivity contribution in [3.8, 4) is 0 Å². The monoisotopic (exact) mass is 213 g/mol. The minimum Gasteiger partial charge on any atom is -0.385 e. The zero-order valence-corrected chi connectivity index (χ0v) is 9.23. The molecule has 4 heteroatoms. The van der Waals surface area contributed by atoms with Gasteiger partial charge in [-0.2, -0.15) is 0 Å². The molecule has 1 aromatic carbocycles. The summed E-state index contributed by atoms with van der Waals surface area (Å²) >= 11 is -1.78. The molecule has 1 aromatic rings. The van der Waals surface area contributed by atoms with E-state index in [1.54, 1.807) is 0 Å². The fraction of sp³-hybridized carbons (Fsp3) is 0.400. The minimum absolute atomic E-state index is 0.185. The molecule has 0 spiro atoms. The SMILES string of the molecule is CCNc1c(C)cccc1CS(=O)O. The van der Waals surface area contributed by atoms with E-state index < -0.39 is 11.1 Å². The summed E-state index contributed by atoms with van der Waals surface area (Å²) in [6, 6.07) is 5.76. The number of para-hydroxylation sites is 1. The molecule has 1 rings (SSSR count). The van der Waals surface area contributed by atoms with E-state index in [-0.39, 0.29) is 5.75 Å². The van der Waals surface area contributed by atoms with Crippen LogP contribution in [0.3, 0.4) is 0 Å². The average Bonchev–Trinajstić information content (AvgIpc) is 2.10. The summed E-state index contributed by atoms with van der Waals surface area (Å²) in [4.78, 5) is 0. The van der Waals surface area contributed by atoms with Crippen molar-refractivity contribution >= 4 is 16.8 Å². The van der Waals surface area contributed by atoms with Crippen molar-refractivity contribution in [2.24, 2.45) is 0 Å². The van der Waals surface area contributed by atoms with E-state index in [9.17, 15) is 4.21 Å². The first-order valence-electron chi connectivity index (χ1n) is 4.55. The van der Waals surface area contributed by atoms with Gasteiger partial charge in [0.25, 0.3) is 0 Å². The van der Waals surface area contributed by atoms with Gasteiger partial charge in [-0.3, -0.25) is 0 Å². The smallest absolute Gasteiger partial charge is 0.157 e. The molecule has 0 aliphatic carbocycles. The number of hydrogen-bond donors (Lipinski definition) is 2. The molecule has 0 radical (unpaired) electrons. The van der Waals surface area contributed by atoms with Gasteiger partial charge in [-0.15, -0.1) is 0 Å².